The summed E-state index contributed by atoms with van der Waals surface area (Å²) in [7, 11) is 0. The SMILES string of the molecule is C.C#Cc1ccc(C(=O)N[C@H](C(=O)NO)[C@@H](C)O)cc1. The first-order valence-electron chi connectivity index (χ1n) is 5.49. The summed E-state index contributed by atoms with van der Waals surface area (Å²) in [6.07, 6.45) is 4.04. The third-order valence-electron chi connectivity index (χ3n) is 2.48. The molecule has 1 rings (SSSR count). The number of carbonyl (C=O) groups excluding carboxylic acids is 2. The van der Waals surface area contributed by atoms with Gasteiger partial charge in [0.1, 0.15) is 6.04 Å². The van der Waals surface area contributed by atoms with E-state index in [1.807, 2.05) is 0 Å². The van der Waals surface area contributed by atoms with Gasteiger partial charge in [-0.2, -0.15) is 0 Å². The van der Waals surface area contributed by atoms with Gasteiger partial charge in [0.25, 0.3) is 11.8 Å². The van der Waals surface area contributed by atoms with E-state index in [-0.39, 0.29) is 13.0 Å². The molecular formula is C14H18N2O4. The van der Waals surface area contributed by atoms with Crippen molar-refractivity contribution in [3.05, 3.63) is 35.4 Å². The van der Waals surface area contributed by atoms with Crippen molar-refractivity contribution < 1.29 is 19.9 Å². The van der Waals surface area contributed by atoms with Gasteiger partial charge in [0.15, 0.2) is 0 Å². The zero-order valence-electron chi connectivity index (χ0n) is 10.3. The molecule has 0 aliphatic heterocycles. The Morgan fingerprint density at radius 3 is 2.25 bits per heavy atom. The molecule has 0 saturated carbocycles. The predicted octanol–water partition coefficient (Wildman–Crippen LogP) is 0.289. The number of terminal acetylenes is 1. The molecule has 4 N–H and O–H groups in total. The monoisotopic (exact) mass is 278 g/mol. The van der Waals surface area contributed by atoms with Gasteiger partial charge >= 0.3 is 0 Å². The van der Waals surface area contributed by atoms with E-state index >= 15 is 0 Å². The van der Waals surface area contributed by atoms with Gasteiger partial charge in [0.05, 0.1) is 6.10 Å². The van der Waals surface area contributed by atoms with Crippen LogP contribution >= 0.6 is 0 Å². The van der Waals surface area contributed by atoms with Gasteiger partial charge in [0.2, 0.25) is 0 Å². The standard InChI is InChI=1S/C13H14N2O4.CH4/c1-3-9-4-6-10(7-5-9)12(17)14-11(8(2)16)13(18)15-19;/h1,4-8,11,16,19H,2H3,(H,14,17)(H,15,18);1H4/t8-,11+;/m1./s1. The number of carbonyl (C=O) groups is 2. The number of nitrogens with one attached hydrogen (secondary N) is 2. The number of benzene rings is 1. The van der Waals surface area contributed by atoms with Crippen LogP contribution in [0.2, 0.25) is 0 Å². The summed E-state index contributed by atoms with van der Waals surface area (Å²) in [4.78, 5) is 23.1. The van der Waals surface area contributed by atoms with Crippen molar-refractivity contribution in [3.8, 4) is 12.3 Å². The first kappa shape index (κ1) is 17.6. The van der Waals surface area contributed by atoms with Crippen LogP contribution in [-0.2, 0) is 4.79 Å². The first-order chi connectivity index (χ1) is 8.99. The van der Waals surface area contributed by atoms with Crippen LogP contribution in [0.15, 0.2) is 24.3 Å². The highest BCUT2D eigenvalue weighted by molar-refractivity contribution is 5.97. The molecule has 2 atom stereocenters. The van der Waals surface area contributed by atoms with Gasteiger partial charge in [-0.25, -0.2) is 5.48 Å². The van der Waals surface area contributed by atoms with Crippen molar-refractivity contribution in [2.24, 2.45) is 0 Å². The molecule has 0 bridgehead atoms. The maximum atomic E-state index is 11.8. The second kappa shape index (κ2) is 7.94. The van der Waals surface area contributed by atoms with E-state index in [1.54, 1.807) is 12.1 Å². The highest BCUT2D eigenvalue weighted by atomic mass is 16.5. The molecule has 6 heteroatoms. The molecule has 0 saturated heterocycles. The molecule has 0 aliphatic carbocycles. The lowest BCUT2D eigenvalue weighted by molar-refractivity contribution is -0.133. The Hall–Kier alpha value is -2.36. The van der Waals surface area contributed by atoms with E-state index in [2.05, 4.69) is 11.2 Å². The van der Waals surface area contributed by atoms with Crippen molar-refractivity contribution in [2.45, 2.75) is 26.5 Å². The molecule has 0 unspecified atom stereocenters. The van der Waals surface area contributed by atoms with E-state index in [0.29, 0.717) is 5.56 Å². The molecule has 0 radical (unpaired) electrons. The van der Waals surface area contributed by atoms with Crippen molar-refractivity contribution in [3.63, 3.8) is 0 Å². The summed E-state index contributed by atoms with van der Waals surface area (Å²) < 4.78 is 0. The van der Waals surface area contributed by atoms with Gasteiger partial charge < -0.3 is 10.4 Å². The smallest absolute Gasteiger partial charge is 0.268 e. The lowest BCUT2D eigenvalue weighted by Gasteiger charge is -2.19. The average Bonchev–Trinajstić information content (AvgIpc) is 2.43. The van der Waals surface area contributed by atoms with Crippen molar-refractivity contribution in [1.29, 1.82) is 0 Å². The molecular weight excluding hydrogens is 260 g/mol. The Kier molecular flexibility index (Phi) is 7.00. The van der Waals surface area contributed by atoms with Crippen molar-refractivity contribution >= 4 is 11.8 Å². The lowest BCUT2D eigenvalue weighted by Crippen LogP contribution is -2.51. The van der Waals surface area contributed by atoms with Crippen LogP contribution in [0.4, 0.5) is 0 Å². The van der Waals surface area contributed by atoms with Gasteiger partial charge in [-0.05, 0) is 31.2 Å². The number of rotatable bonds is 4. The molecule has 2 amide bonds. The second-order valence-corrected chi connectivity index (χ2v) is 3.89. The van der Waals surface area contributed by atoms with Crippen LogP contribution < -0.4 is 10.8 Å². The molecule has 6 nitrogen and oxygen atoms in total. The van der Waals surface area contributed by atoms with Crippen molar-refractivity contribution in [2.75, 3.05) is 0 Å². The topological polar surface area (TPSA) is 98.7 Å². The Bertz CT molecular complexity index is 503. The lowest BCUT2D eigenvalue weighted by atomic mass is 10.1. The average molecular weight is 278 g/mol. The molecule has 0 aliphatic rings. The summed E-state index contributed by atoms with van der Waals surface area (Å²) in [5.74, 6) is 0.954. The van der Waals surface area contributed by atoms with Crippen LogP contribution in [0, 0.1) is 12.3 Å². The maximum absolute atomic E-state index is 11.8. The number of amides is 2. The van der Waals surface area contributed by atoms with Gasteiger partial charge in [-0.1, -0.05) is 13.3 Å². The Balaban J connectivity index is 0.00000361. The number of aliphatic hydroxyl groups is 1. The minimum atomic E-state index is -1.25. The number of hydrogen-bond donors (Lipinski definition) is 4. The highest BCUT2D eigenvalue weighted by Crippen LogP contribution is 2.04. The van der Waals surface area contributed by atoms with Gasteiger partial charge in [0, 0.05) is 11.1 Å². The van der Waals surface area contributed by atoms with Crippen LogP contribution in [0.1, 0.15) is 30.3 Å². The van der Waals surface area contributed by atoms with Gasteiger partial charge in [-0.15, -0.1) is 6.42 Å². The quantitative estimate of drug-likeness (QED) is 0.361. The fourth-order valence-electron chi connectivity index (χ4n) is 1.42. The third kappa shape index (κ3) is 4.39. The molecule has 0 heterocycles. The summed E-state index contributed by atoms with van der Waals surface area (Å²) in [6, 6.07) is 4.92. The molecule has 1 aromatic carbocycles. The molecule has 0 fully saturated rings. The van der Waals surface area contributed by atoms with E-state index < -0.39 is 24.0 Å². The predicted molar refractivity (Wildman–Crippen MR) is 74.0 cm³/mol. The summed E-state index contributed by atoms with van der Waals surface area (Å²) in [5.41, 5.74) is 2.29. The number of hydroxylamine groups is 1. The van der Waals surface area contributed by atoms with Crippen LogP contribution in [0.5, 0.6) is 0 Å². The third-order valence-corrected chi connectivity index (χ3v) is 2.48. The summed E-state index contributed by atoms with van der Waals surface area (Å²) in [6.45, 7) is 1.32. The Morgan fingerprint density at radius 1 is 1.30 bits per heavy atom. The Labute approximate surface area is 117 Å². The van der Waals surface area contributed by atoms with Crippen LogP contribution in [0.25, 0.3) is 0 Å². The zero-order chi connectivity index (χ0) is 14.4. The molecule has 0 spiro atoms. The fraction of sp³-hybridized carbons (Fsp3) is 0.286. The normalized spacial score (nSPS) is 12.3. The maximum Gasteiger partial charge on any atom is 0.268 e. The number of hydrogen-bond acceptors (Lipinski definition) is 4. The van der Waals surface area contributed by atoms with Crippen LogP contribution in [-0.4, -0.2) is 34.3 Å². The zero-order valence-corrected chi connectivity index (χ0v) is 10.3. The largest absolute Gasteiger partial charge is 0.391 e. The van der Waals surface area contributed by atoms with E-state index in [4.69, 9.17) is 11.6 Å². The molecule has 0 aromatic heterocycles. The molecule has 20 heavy (non-hydrogen) atoms. The molecule has 1 aromatic rings. The fourth-order valence-corrected chi connectivity index (χ4v) is 1.42. The second-order valence-electron chi connectivity index (χ2n) is 3.89. The summed E-state index contributed by atoms with van der Waals surface area (Å²) >= 11 is 0. The van der Waals surface area contributed by atoms with Crippen molar-refractivity contribution in [1.82, 2.24) is 10.8 Å². The van der Waals surface area contributed by atoms with E-state index in [9.17, 15) is 14.7 Å². The van der Waals surface area contributed by atoms with E-state index in [1.165, 1.54) is 24.5 Å². The summed E-state index contributed by atoms with van der Waals surface area (Å²) in [5, 5.41) is 20.2. The van der Waals surface area contributed by atoms with Crippen LogP contribution in [0.3, 0.4) is 0 Å². The highest BCUT2D eigenvalue weighted by Gasteiger charge is 2.25. The minimum absolute atomic E-state index is 0. The van der Waals surface area contributed by atoms with E-state index in [0.717, 1.165) is 0 Å². The Morgan fingerprint density at radius 2 is 1.85 bits per heavy atom. The first-order valence-corrected chi connectivity index (χ1v) is 5.49. The number of aliphatic hydroxyl groups excluding tert-OH is 1. The van der Waals surface area contributed by atoms with Gasteiger partial charge in [-0.3, -0.25) is 14.8 Å². The minimum Gasteiger partial charge on any atom is -0.391 e. The molecule has 108 valence electrons.